The minimum atomic E-state index is -3.15. The Bertz CT molecular complexity index is 777. The number of benzene rings is 1. The van der Waals surface area contributed by atoms with Crippen LogP contribution in [0.1, 0.15) is 43.0 Å². The van der Waals surface area contributed by atoms with Gasteiger partial charge in [-0.3, -0.25) is 0 Å². The number of aryl methyl sites for hydroxylation is 2. The maximum Gasteiger partial charge on any atom is 0.211 e. The summed E-state index contributed by atoms with van der Waals surface area (Å²) in [6, 6.07) is 6.46. The highest BCUT2D eigenvalue weighted by Gasteiger charge is 2.25. The van der Waals surface area contributed by atoms with E-state index in [4.69, 9.17) is 0 Å². The number of rotatable bonds is 5. The second-order valence-electron chi connectivity index (χ2n) is 6.36. The summed E-state index contributed by atoms with van der Waals surface area (Å²) < 4.78 is 27.0. The van der Waals surface area contributed by atoms with Gasteiger partial charge in [-0.2, -0.15) is 0 Å². The first-order valence-electron chi connectivity index (χ1n) is 8.08. The molecular formula is C17H24N2O2S. The van der Waals surface area contributed by atoms with Crippen LogP contribution < -0.4 is 4.72 Å². The van der Waals surface area contributed by atoms with E-state index in [-0.39, 0.29) is 11.8 Å². The second-order valence-corrected chi connectivity index (χ2v) is 8.23. The quantitative estimate of drug-likeness (QED) is 0.889. The molecule has 0 spiro atoms. The fourth-order valence-corrected chi connectivity index (χ4v) is 4.79. The summed E-state index contributed by atoms with van der Waals surface area (Å²) in [5.41, 5.74) is 4.97. The Morgan fingerprint density at radius 2 is 2.18 bits per heavy atom. The van der Waals surface area contributed by atoms with Gasteiger partial charge in [0, 0.05) is 29.1 Å². The third kappa shape index (κ3) is 3.20. The highest BCUT2D eigenvalue weighted by Crippen LogP contribution is 2.30. The zero-order valence-corrected chi connectivity index (χ0v) is 14.1. The Kier molecular flexibility index (Phi) is 4.28. The number of aromatic amines is 1. The van der Waals surface area contributed by atoms with Crippen LogP contribution in [0.15, 0.2) is 18.2 Å². The zero-order chi connectivity index (χ0) is 15.7. The first-order chi connectivity index (χ1) is 10.5. The molecule has 0 radical (unpaired) electrons. The van der Waals surface area contributed by atoms with Gasteiger partial charge in [-0.1, -0.05) is 25.0 Å². The SMILES string of the molecule is CCCCS(=O)(=O)NC1CCc2c([nH]c3ccc(C)cc23)C1. The normalized spacial score (nSPS) is 18.5. The Morgan fingerprint density at radius 1 is 1.36 bits per heavy atom. The molecule has 1 unspecified atom stereocenters. The largest absolute Gasteiger partial charge is 0.358 e. The molecule has 22 heavy (non-hydrogen) atoms. The molecule has 3 rings (SSSR count). The summed E-state index contributed by atoms with van der Waals surface area (Å²) in [7, 11) is -3.15. The van der Waals surface area contributed by atoms with Gasteiger partial charge < -0.3 is 4.98 Å². The molecular weight excluding hydrogens is 296 g/mol. The Morgan fingerprint density at radius 3 is 2.95 bits per heavy atom. The van der Waals surface area contributed by atoms with E-state index in [0.29, 0.717) is 0 Å². The molecule has 5 heteroatoms. The van der Waals surface area contributed by atoms with Crippen LogP contribution in [-0.2, 0) is 22.9 Å². The molecule has 1 heterocycles. The summed E-state index contributed by atoms with van der Waals surface area (Å²) in [6.07, 6.45) is 4.18. The van der Waals surface area contributed by atoms with Gasteiger partial charge in [0.2, 0.25) is 10.0 Å². The molecule has 0 aliphatic heterocycles. The molecule has 1 aliphatic rings. The van der Waals surface area contributed by atoms with Crippen molar-refractivity contribution in [1.29, 1.82) is 0 Å². The number of hydrogen-bond donors (Lipinski definition) is 2. The molecule has 4 nitrogen and oxygen atoms in total. The summed E-state index contributed by atoms with van der Waals surface area (Å²) in [4.78, 5) is 3.47. The van der Waals surface area contributed by atoms with E-state index in [1.54, 1.807) is 0 Å². The van der Waals surface area contributed by atoms with Crippen LogP contribution >= 0.6 is 0 Å². The molecule has 0 bridgehead atoms. The lowest BCUT2D eigenvalue weighted by atomic mass is 9.92. The van der Waals surface area contributed by atoms with E-state index in [9.17, 15) is 8.42 Å². The maximum absolute atomic E-state index is 12.1. The van der Waals surface area contributed by atoms with Gasteiger partial charge in [-0.05, 0) is 43.9 Å². The van der Waals surface area contributed by atoms with Crippen molar-refractivity contribution in [2.75, 3.05) is 5.75 Å². The zero-order valence-electron chi connectivity index (χ0n) is 13.3. The fraction of sp³-hybridized carbons (Fsp3) is 0.529. The van der Waals surface area contributed by atoms with Crippen molar-refractivity contribution >= 4 is 20.9 Å². The summed E-state index contributed by atoms with van der Waals surface area (Å²) >= 11 is 0. The van der Waals surface area contributed by atoms with Crippen LogP contribution in [0.25, 0.3) is 10.9 Å². The number of aromatic nitrogens is 1. The predicted molar refractivity (Wildman–Crippen MR) is 90.7 cm³/mol. The van der Waals surface area contributed by atoms with Gasteiger partial charge in [-0.15, -0.1) is 0 Å². The molecule has 1 aromatic heterocycles. The fourth-order valence-electron chi connectivity index (χ4n) is 3.29. The average Bonchev–Trinajstić information content (AvgIpc) is 2.81. The molecule has 0 amide bonds. The van der Waals surface area contributed by atoms with Crippen molar-refractivity contribution in [3.8, 4) is 0 Å². The van der Waals surface area contributed by atoms with Gasteiger partial charge in [0.1, 0.15) is 0 Å². The molecule has 0 saturated heterocycles. The molecule has 0 fully saturated rings. The van der Waals surface area contributed by atoms with Crippen molar-refractivity contribution in [2.24, 2.45) is 0 Å². The van der Waals surface area contributed by atoms with Crippen molar-refractivity contribution < 1.29 is 8.42 Å². The van der Waals surface area contributed by atoms with E-state index >= 15 is 0 Å². The molecule has 1 aromatic carbocycles. The topological polar surface area (TPSA) is 62.0 Å². The van der Waals surface area contributed by atoms with Crippen LogP contribution in [0.4, 0.5) is 0 Å². The Hall–Kier alpha value is -1.33. The van der Waals surface area contributed by atoms with Crippen LogP contribution in [0.5, 0.6) is 0 Å². The third-order valence-corrected chi connectivity index (χ3v) is 5.97. The van der Waals surface area contributed by atoms with Gasteiger partial charge in [-0.25, -0.2) is 13.1 Å². The monoisotopic (exact) mass is 320 g/mol. The summed E-state index contributed by atoms with van der Waals surface area (Å²) in [6.45, 7) is 4.11. The van der Waals surface area contributed by atoms with Crippen molar-refractivity contribution in [3.05, 3.63) is 35.0 Å². The molecule has 2 N–H and O–H groups in total. The van der Waals surface area contributed by atoms with Crippen LogP contribution in [0, 0.1) is 6.92 Å². The first-order valence-corrected chi connectivity index (χ1v) is 9.74. The van der Waals surface area contributed by atoms with Crippen molar-refractivity contribution in [3.63, 3.8) is 0 Å². The Labute approximate surface area is 132 Å². The number of fused-ring (bicyclic) bond motifs is 3. The minimum Gasteiger partial charge on any atom is -0.358 e. The van der Waals surface area contributed by atoms with Crippen LogP contribution in [0.2, 0.25) is 0 Å². The smallest absolute Gasteiger partial charge is 0.211 e. The van der Waals surface area contributed by atoms with Crippen molar-refractivity contribution in [2.45, 2.75) is 52.0 Å². The second kappa shape index (κ2) is 6.05. The number of unbranched alkanes of at least 4 members (excludes halogenated alkanes) is 1. The van der Waals surface area contributed by atoms with E-state index in [2.05, 4.69) is 34.8 Å². The van der Waals surface area contributed by atoms with E-state index in [1.807, 2.05) is 6.92 Å². The summed E-state index contributed by atoms with van der Waals surface area (Å²) in [5.74, 6) is 0.235. The van der Waals surface area contributed by atoms with Gasteiger partial charge in [0.15, 0.2) is 0 Å². The summed E-state index contributed by atoms with van der Waals surface area (Å²) in [5, 5.41) is 1.29. The highest BCUT2D eigenvalue weighted by atomic mass is 32.2. The number of H-pyrrole nitrogens is 1. The molecule has 0 saturated carbocycles. The molecule has 1 atom stereocenters. The standard InChI is InChI=1S/C17H24N2O2S/c1-3-4-9-22(20,21)19-13-6-7-14-15-10-12(2)5-8-16(15)18-17(14)11-13/h5,8,10,13,18-19H,3-4,6-7,9,11H2,1-2H3. The van der Waals surface area contributed by atoms with Crippen LogP contribution in [-0.4, -0.2) is 25.2 Å². The lowest BCUT2D eigenvalue weighted by Gasteiger charge is -2.23. The van der Waals surface area contributed by atoms with E-state index in [1.165, 1.54) is 22.2 Å². The average molecular weight is 320 g/mol. The Balaban J connectivity index is 1.78. The van der Waals surface area contributed by atoms with Gasteiger partial charge >= 0.3 is 0 Å². The molecule has 120 valence electrons. The minimum absolute atomic E-state index is 0.0171. The lowest BCUT2D eigenvalue weighted by molar-refractivity contribution is 0.504. The molecule has 1 aliphatic carbocycles. The molecule has 2 aromatic rings. The van der Waals surface area contributed by atoms with Crippen molar-refractivity contribution in [1.82, 2.24) is 9.71 Å². The number of sulfonamides is 1. The third-order valence-electron chi connectivity index (χ3n) is 4.46. The van der Waals surface area contributed by atoms with E-state index in [0.717, 1.165) is 37.6 Å². The highest BCUT2D eigenvalue weighted by molar-refractivity contribution is 7.89. The van der Waals surface area contributed by atoms with E-state index < -0.39 is 10.0 Å². The van der Waals surface area contributed by atoms with Crippen LogP contribution in [0.3, 0.4) is 0 Å². The predicted octanol–water partition coefficient (Wildman–Crippen LogP) is 3.05. The lowest BCUT2D eigenvalue weighted by Crippen LogP contribution is -2.39. The van der Waals surface area contributed by atoms with Gasteiger partial charge in [0.25, 0.3) is 0 Å². The first kappa shape index (κ1) is 15.6. The van der Waals surface area contributed by atoms with Gasteiger partial charge in [0.05, 0.1) is 5.75 Å². The number of hydrogen-bond acceptors (Lipinski definition) is 2. The maximum atomic E-state index is 12.1. The number of nitrogens with one attached hydrogen (secondary N) is 2.